The van der Waals surface area contributed by atoms with Gasteiger partial charge in [0.1, 0.15) is 0 Å². The molecule has 78 valence electrons. The lowest BCUT2D eigenvalue weighted by Crippen LogP contribution is -2.32. The summed E-state index contributed by atoms with van der Waals surface area (Å²) < 4.78 is 23.2. The van der Waals surface area contributed by atoms with E-state index in [9.17, 15) is 9.00 Å². The van der Waals surface area contributed by atoms with Gasteiger partial charge in [-0.15, -0.1) is 0 Å². The summed E-state index contributed by atoms with van der Waals surface area (Å²) in [5.74, 6) is -1.63. The minimum absolute atomic E-state index is 0.395. The summed E-state index contributed by atoms with van der Waals surface area (Å²) in [4.78, 5) is 10.7. The molecule has 0 bridgehead atoms. The van der Waals surface area contributed by atoms with Crippen LogP contribution in [0, 0.1) is 5.92 Å². The van der Waals surface area contributed by atoms with Gasteiger partial charge >= 0.3 is 17.3 Å². The summed E-state index contributed by atoms with van der Waals surface area (Å²) in [6, 6.07) is 0. The standard InChI is InChI=1S/C8H10O5S/c9-8(10)7(13-14(11)12)6-4-2-1-3-5-6/h1-4,6-7H,5H2,(H,9,10)(H,11,12). The van der Waals surface area contributed by atoms with Crippen LogP contribution >= 0.6 is 0 Å². The van der Waals surface area contributed by atoms with Gasteiger partial charge in [0.2, 0.25) is 0 Å². The van der Waals surface area contributed by atoms with Gasteiger partial charge in [0.15, 0.2) is 6.10 Å². The Balaban J connectivity index is 2.67. The van der Waals surface area contributed by atoms with Crippen LogP contribution in [0.1, 0.15) is 6.42 Å². The van der Waals surface area contributed by atoms with E-state index >= 15 is 0 Å². The predicted octanol–water partition coefficient (Wildman–Crippen LogP) is 0.725. The summed E-state index contributed by atoms with van der Waals surface area (Å²) in [6.45, 7) is 0. The molecule has 0 aromatic heterocycles. The third-order valence-corrected chi connectivity index (χ3v) is 2.20. The quantitative estimate of drug-likeness (QED) is 0.679. The first-order chi connectivity index (χ1) is 6.61. The zero-order valence-corrected chi connectivity index (χ0v) is 8.02. The van der Waals surface area contributed by atoms with E-state index in [1.807, 2.05) is 0 Å². The fourth-order valence-electron chi connectivity index (χ4n) is 1.21. The molecule has 14 heavy (non-hydrogen) atoms. The molecule has 0 heterocycles. The van der Waals surface area contributed by atoms with Crippen molar-refractivity contribution in [3.05, 3.63) is 24.3 Å². The third kappa shape index (κ3) is 3.06. The van der Waals surface area contributed by atoms with Crippen molar-refractivity contribution in [2.75, 3.05) is 0 Å². The molecule has 0 saturated heterocycles. The molecular weight excluding hydrogens is 208 g/mol. The van der Waals surface area contributed by atoms with Gasteiger partial charge in [-0.2, -0.15) is 4.21 Å². The molecule has 0 amide bonds. The Kier molecular flexibility index (Phi) is 3.99. The number of hydrogen-bond donors (Lipinski definition) is 2. The van der Waals surface area contributed by atoms with E-state index in [0.717, 1.165) is 0 Å². The number of hydrogen-bond acceptors (Lipinski definition) is 3. The first kappa shape index (κ1) is 11.1. The van der Waals surface area contributed by atoms with E-state index < -0.39 is 29.4 Å². The monoisotopic (exact) mass is 218 g/mol. The van der Waals surface area contributed by atoms with Gasteiger partial charge in [-0.1, -0.05) is 24.3 Å². The molecular formula is C8H10O5S. The van der Waals surface area contributed by atoms with Crippen LogP contribution in [0.15, 0.2) is 24.3 Å². The van der Waals surface area contributed by atoms with Crippen LogP contribution in [0.4, 0.5) is 0 Å². The maximum absolute atomic E-state index is 10.7. The Hall–Kier alpha value is -0.980. The average molecular weight is 218 g/mol. The van der Waals surface area contributed by atoms with Crippen molar-refractivity contribution in [1.29, 1.82) is 0 Å². The minimum Gasteiger partial charge on any atom is -0.479 e. The van der Waals surface area contributed by atoms with Crippen LogP contribution in [-0.4, -0.2) is 25.9 Å². The largest absolute Gasteiger partial charge is 0.479 e. The maximum atomic E-state index is 10.7. The highest BCUT2D eigenvalue weighted by Gasteiger charge is 2.29. The summed E-state index contributed by atoms with van der Waals surface area (Å²) in [5.41, 5.74) is 0. The highest BCUT2D eigenvalue weighted by Crippen LogP contribution is 2.19. The molecule has 0 radical (unpaired) electrons. The number of carboxylic acid groups (broad SMARTS) is 1. The molecule has 0 saturated carbocycles. The minimum atomic E-state index is -2.56. The number of carbonyl (C=O) groups is 1. The molecule has 6 heteroatoms. The van der Waals surface area contributed by atoms with Gasteiger partial charge in [0.05, 0.1) is 0 Å². The SMILES string of the molecule is O=C(O)C(OS(=O)O)C1C=CC=CC1. The lowest BCUT2D eigenvalue weighted by molar-refractivity contribution is -0.146. The van der Waals surface area contributed by atoms with E-state index in [4.69, 9.17) is 9.66 Å². The van der Waals surface area contributed by atoms with Crippen molar-refractivity contribution < 1.29 is 22.8 Å². The number of allylic oxidation sites excluding steroid dienone is 3. The molecule has 1 aliphatic carbocycles. The van der Waals surface area contributed by atoms with E-state index in [0.29, 0.717) is 6.42 Å². The summed E-state index contributed by atoms with van der Waals surface area (Å²) in [7, 11) is 0. The van der Waals surface area contributed by atoms with Crippen LogP contribution in [0.5, 0.6) is 0 Å². The van der Waals surface area contributed by atoms with Gasteiger partial charge < -0.3 is 5.11 Å². The lowest BCUT2D eigenvalue weighted by Gasteiger charge is -2.19. The van der Waals surface area contributed by atoms with E-state index in [1.165, 1.54) is 0 Å². The van der Waals surface area contributed by atoms with Gasteiger partial charge in [0.25, 0.3) is 0 Å². The second kappa shape index (κ2) is 5.04. The van der Waals surface area contributed by atoms with Crippen molar-refractivity contribution in [2.24, 2.45) is 5.92 Å². The molecule has 0 aliphatic heterocycles. The lowest BCUT2D eigenvalue weighted by atomic mass is 9.95. The van der Waals surface area contributed by atoms with Gasteiger partial charge in [-0.05, 0) is 6.42 Å². The van der Waals surface area contributed by atoms with Crippen LogP contribution in [-0.2, 0) is 20.3 Å². The molecule has 1 aliphatic rings. The van der Waals surface area contributed by atoms with Gasteiger partial charge in [-0.3, -0.25) is 8.74 Å². The number of rotatable bonds is 4. The zero-order valence-electron chi connectivity index (χ0n) is 7.20. The van der Waals surface area contributed by atoms with E-state index in [1.54, 1.807) is 24.3 Å². The topological polar surface area (TPSA) is 83.8 Å². The fraction of sp³-hybridized carbons (Fsp3) is 0.375. The molecule has 3 unspecified atom stereocenters. The zero-order chi connectivity index (χ0) is 10.6. The number of aliphatic carboxylic acids is 1. The highest BCUT2D eigenvalue weighted by molar-refractivity contribution is 7.74. The Morgan fingerprint density at radius 2 is 2.29 bits per heavy atom. The van der Waals surface area contributed by atoms with Crippen molar-refractivity contribution in [3.63, 3.8) is 0 Å². The first-order valence-corrected chi connectivity index (χ1v) is 4.98. The van der Waals surface area contributed by atoms with Crippen molar-refractivity contribution >= 4 is 17.3 Å². The summed E-state index contributed by atoms with van der Waals surface area (Å²) >= 11 is -2.56. The molecule has 0 aromatic rings. The van der Waals surface area contributed by atoms with E-state index in [-0.39, 0.29) is 0 Å². The average Bonchev–Trinajstić information content (AvgIpc) is 2.15. The van der Waals surface area contributed by atoms with Gasteiger partial charge in [-0.25, -0.2) is 4.79 Å². The predicted molar refractivity (Wildman–Crippen MR) is 49.7 cm³/mol. The summed E-state index contributed by atoms with van der Waals surface area (Å²) in [6.07, 6.45) is 6.11. The first-order valence-electron chi connectivity index (χ1n) is 3.95. The smallest absolute Gasteiger partial charge is 0.335 e. The molecule has 0 fully saturated rings. The molecule has 2 N–H and O–H groups in total. The van der Waals surface area contributed by atoms with Crippen LogP contribution in [0.2, 0.25) is 0 Å². The molecule has 1 rings (SSSR count). The molecule has 0 spiro atoms. The van der Waals surface area contributed by atoms with Crippen molar-refractivity contribution in [3.8, 4) is 0 Å². The highest BCUT2D eigenvalue weighted by atomic mass is 32.2. The maximum Gasteiger partial charge on any atom is 0.335 e. The van der Waals surface area contributed by atoms with E-state index in [2.05, 4.69) is 4.18 Å². The van der Waals surface area contributed by atoms with Crippen molar-refractivity contribution in [2.45, 2.75) is 12.5 Å². The summed E-state index contributed by atoms with van der Waals surface area (Å²) in [5, 5.41) is 8.75. The Morgan fingerprint density at radius 3 is 2.71 bits per heavy atom. The molecule has 5 nitrogen and oxygen atoms in total. The Labute approximate surface area is 83.6 Å². The van der Waals surface area contributed by atoms with Crippen LogP contribution < -0.4 is 0 Å². The second-order valence-electron chi connectivity index (χ2n) is 2.78. The van der Waals surface area contributed by atoms with Gasteiger partial charge in [0, 0.05) is 5.92 Å². The number of carboxylic acids is 1. The molecule has 3 atom stereocenters. The second-order valence-corrected chi connectivity index (χ2v) is 3.41. The third-order valence-electron chi connectivity index (χ3n) is 1.83. The fourth-order valence-corrected chi connectivity index (χ4v) is 1.61. The van der Waals surface area contributed by atoms with Crippen molar-refractivity contribution in [1.82, 2.24) is 0 Å². The normalized spacial score (nSPS) is 24.5. The Bertz CT molecular complexity index is 296. The van der Waals surface area contributed by atoms with Crippen LogP contribution in [0.3, 0.4) is 0 Å². The molecule has 0 aromatic carbocycles. The Morgan fingerprint density at radius 1 is 1.57 bits per heavy atom. The van der Waals surface area contributed by atoms with Crippen LogP contribution in [0.25, 0.3) is 0 Å².